The highest BCUT2D eigenvalue weighted by atomic mass is 19.3. The predicted octanol–water partition coefficient (Wildman–Crippen LogP) is 3.43. The summed E-state index contributed by atoms with van der Waals surface area (Å²) < 4.78 is 42.5. The van der Waals surface area contributed by atoms with Crippen LogP contribution >= 0.6 is 0 Å². The number of halogens is 2. The van der Waals surface area contributed by atoms with E-state index in [9.17, 15) is 23.2 Å². The maximum atomic E-state index is 14.1. The summed E-state index contributed by atoms with van der Waals surface area (Å²) in [7, 11) is 0. The first kappa shape index (κ1) is 21.9. The quantitative estimate of drug-likeness (QED) is 0.382. The van der Waals surface area contributed by atoms with Gasteiger partial charge in [-0.05, 0) is 23.3 Å². The van der Waals surface area contributed by atoms with Crippen molar-refractivity contribution in [2.45, 2.75) is 18.1 Å². The van der Waals surface area contributed by atoms with Crippen molar-refractivity contribution in [2.75, 3.05) is 6.61 Å². The molecule has 0 saturated carbocycles. The average Bonchev–Trinajstić information content (AvgIpc) is 2.99. The van der Waals surface area contributed by atoms with Crippen molar-refractivity contribution < 1.29 is 37.4 Å². The highest BCUT2D eigenvalue weighted by Crippen LogP contribution is 2.34. The molecule has 1 heterocycles. The lowest BCUT2D eigenvalue weighted by Gasteiger charge is -2.19. The molecule has 3 rings (SSSR count). The molecular weight excluding hydrogens is 410 g/mol. The lowest BCUT2D eigenvalue weighted by Crippen LogP contribution is -2.43. The number of cyclic esters (lactones) is 1. The Morgan fingerprint density at radius 1 is 0.903 bits per heavy atom. The van der Waals surface area contributed by atoms with E-state index in [0.29, 0.717) is 5.56 Å². The van der Waals surface area contributed by atoms with Gasteiger partial charge in [0.05, 0.1) is 0 Å². The van der Waals surface area contributed by atoms with Gasteiger partial charge in [-0.25, -0.2) is 14.4 Å². The molecule has 0 aliphatic carbocycles. The fraction of sp³-hybridized carbons (Fsp3) is 0.174. The Morgan fingerprint density at radius 2 is 1.42 bits per heavy atom. The van der Waals surface area contributed by atoms with Crippen LogP contribution in [0.4, 0.5) is 8.78 Å². The van der Waals surface area contributed by atoms with E-state index in [1.54, 1.807) is 60.7 Å². The van der Waals surface area contributed by atoms with Gasteiger partial charge in [0.25, 0.3) is 0 Å². The van der Waals surface area contributed by atoms with E-state index < -0.39 is 42.6 Å². The van der Waals surface area contributed by atoms with Gasteiger partial charge in [-0.15, -0.1) is 0 Å². The number of esters is 3. The van der Waals surface area contributed by atoms with Gasteiger partial charge in [-0.2, -0.15) is 8.78 Å². The van der Waals surface area contributed by atoms with Crippen LogP contribution < -0.4 is 0 Å². The van der Waals surface area contributed by atoms with Crippen molar-refractivity contribution in [1.29, 1.82) is 0 Å². The summed E-state index contributed by atoms with van der Waals surface area (Å²) in [6, 6.07) is 17.5. The molecule has 1 aliphatic heterocycles. The number of benzene rings is 2. The van der Waals surface area contributed by atoms with Gasteiger partial charge in [0.2, 0.25) is 6.10 Å². The van der Waals surface area contributed by atoms with Crippen molar-refractivity contribution in [2.24, 2.45) is 0 Å². The van der Waals surface area contributed by atoms with Crippen molar-refractivity contribution in [3.8, 4) is 0 Å². The third-order valence-corrected chi connectivity index (χ3v) is 4.28. The summed E-state index contributed by atoms with van der Waals surface area (Å²) in [6.07, 6.45) is 1.06. The third-order valence-electron chi connectivity index (χ3n) is 4.28. The Kier molecular flexibility index (Phi) is 6.92. The number of carbonyl (C=O) groups excluding carboxylic acids is 3. The smallest absolute Gasteiger partial charge is 0.382 e. The minimum absolute atomic E-state index is 0.653. The molecule has 1 fully saturated rings. The van der Waals surface area contributed by atoms with Crippen LogP contribution in [-0.2, 0) is 28.6 Å². The number of hydrogen-bond acceptors (Lipinski definition) is 6. The second-order valence-electron chi connectivity index (χ2n) is 6.54. The van der Waals surface area contributed by atoms with E-state index >= 15 is 0 Å². The van der Waals surface area contributed by atoms with Gasteiger partial charge >= 0.3 is 23.8 Å². The maximum Gasteiger partial charge on any atom is 0.382 e. The van der Waals surface area contributed by atoms with Gasteiger partial charge in [0.15, 0.2) is 6.10 Å². The average molecular weight is 428 g/mol. The van der Waals surface area contributed by atoms with E-state index in [1.807, 2.05) is 0 Å². The first-order chi connectivity index (χ1) is 14.9. The van der Waals surface area contributed by atoms with E-state index in [-0.39, 0.29) is 0 Å². The molecule has 2 aromatic rings. The number of rotatable bonds is 7. The zero-order valence-electron chi connectivity index (χ0n) is 16.2. The summed E-state index contributed by atoms with van der Waals surface area (Å²) in [5.41, 5.74) is 1.39. The molecule has 2 atom stereocenters. The van der Waals surface area contributed by atoms with Crippen LogP contribution in [0.15, 0.2) is 72.8 Å². The Morgan fingerprint density at radius 3 is 1.97 bits per heavy atom. The van der Waals surface area contributed by atoms with Crippen molar-refractivity contribution in [1.82, 2.24) is 0 Å². The van der Waals surface area contributed by atoms with Gasteiger partial charge in [0.1, 0.15) is 6.61 Å². The standard InChI is InChI=1S/C23H18F2O6/c24-23(25)21(31-20(27)14-12-17-9-5-2-6-10-17)18(30-22(23)28)15-29-19(26)13-11-16-7-3-1-4-8-16/h1-14,18,21H,15H2/t18-,21-/m1/s1. The number of ether oxygens (including phenoxy) is 3. The Labute approximate surface area is 176 Å². The van der Waals surface area contributed by atoms with Crippen LogP contribution in [-0.4, -0.2) is 42.6 Å². The molecule has 31 heavy (non-hydrogen) atoms. The van der Waals surface area contributed by atoms with E-state index in [1.165, 1.54) is 12.2 Å². The van der Waals surface area contributed by atoms with E-state index in [4.69, 9.17) is 9.47 Å². The van der Waals surface area contributed by atoms with Crippen LogP contribution in [0, 0.1) is 0 Å². The molecule has 0 bridgehead atoms. The highest BCUT2D eigenvalue weighted by molar-refractivity contribution is 5.89. The van der Waals surface area contributed by atoms with E-state index in [2.05, 4.69) is 4.74 Å². The maximum absolute atomic E-state index is 14.1. The number of hydrogen-bond donors (Lipinski definition) is 0. The van der Waals surface area contributed by atoms with Gasteiger partial charge in [-0.3, -0.25) is 0 Å². The summed E-state index contributed by atoms with van der Waals surface area (Å²) in [4.78, 5) is 35.3. The lowest BCUT2D eigenvalue weighted by atomic mass is 10.1. The second-order valence-corrected chi connectivity index (χ2v) is 6.54. The van der Waals surface area contributed by atoms with Gasteiger partial charge < -0.3 is 14.2 Å². The second kappa shape index (κ2) is 9.80. The monoisotopic (exact) mass is 428 g/mol. The van der Waals surface area contributed by atoms with Crippen LogP contribution in [0.5, 0.6) is 0 Å². The van der Waals surface area contributed by atoms with Crippen LogP contribution in [0.3, 0.4) is 0 Å². The molecular formula is C23H18F2O6. The summed E-state index contributed by atoms with van der Waals surface area (Å²) in [5, 5.41) is 0. The third kappa shape index (κ3) is 5.85. The SMILES string of the molecule is O=C(C=Cc1ccccc1)OC[C@H]1OC(=O)C(F)(F)[C@@H]1OC(=O)C=Cc1ccccc1. The number of carbonyl (C=O) groups is 3. The predicted molar refractivity (Wildman–Crippen MR) is 107 cm³/mol. The van der Waals surface area contributed by atoms with Crippen LogP contribution in [0.1, 0.15) is 11.1 Å². The molecule has 2 aromatic carbocycles. The minimum atomic E-state index is -4.06. The fourth-order valence-corrected chi connectivity index (χ4v) is 2.73. The van der Waals surface area contributed by atoms with Gasteiger partial charge in [0, 0.05) is 12.2 Å². The Bertz CT molecular complexity index is 986. The molecule has 0 amide bonds. The molecule has 8 heteroatoms. The Hall–Kier alpha value is -3.81. The summed E-state index contributed by atoms with van der Waals surface area (Å²) >= 11 is 0. The highest BCUT2D eigenvalue weighted by Gasteiger charge is 2.62. The topological polar surface area (TPSA) is 78.9 Å². The molecule has 0 N–H and O–H groups in total. The van der Waals surface area contributed by atoms with Crippen molar-refractivity contribution in [3.63, 3.8) is 0 Å². The summed E-state index contributed by atoms with van der Waals surface area (Å²) in [5.74, 6) is -7.83. The molecule has 0 aromatic heterocycles. The van der Waals surface area contributed by atoms with Gasteiger partial charge in [-0.1, -0.05) is 60.7 Å². The molecule has 6 nitrogen and oxygen atoms in total. The number of alkyl halides is 2. The first-order valence-corrected chi connectivity index (χ1v) is 9.29. The van der Waals surface area contributed by atoms with Crippen LogP contribution in [0.2, 0.25) is 0 Å². The first-order valence-electron chi connectivity index (χ1n) is 9.29. The van der Waals surface area contributed by atoms with E-state index in [0.717, 1.165) is 17.7 Å². The zero-order valence-corrected chi connectivity index (χ0v) is 16.2. The Balaban J connectivity index is 1.60. The molecule has 160 valence electrons. The van der Waals surface area contributed by atoms with Crippen LogP contribution in [0.25, 0.3) is 12.2 Å². The zero-order chi connectivity index (χ0) is 22.3. The lowest BCUT2D eigenvalue weighted by molar-refractivity contribution is -0.170. The molecule has 1 saturated heterocycles. The fourth-order valence-electron chi connectivity index (χ4n) is 2.73. The summed E-state index contributed by atoms with van der Waals surface area (Å²) in [6.45, 7) is -0.695. The minimum Gasteiger partial charge on any atom is -0.458 e. The van der Waals surface area contributed by atoms with Crippen molar-refractivity contribution in [3.05, 3.63) is 83.9 Å². The molecule has 0 radical (unpaired) electrons. The molecule has 1 aliphatic rings. The van der Waals surface area contributed by atoms with Crippen molar-refractivity contribution >= 4 is 30.1 Å². The molecule has 0 unspecified atom stereocenters. The molecule has 0 spiro atoms. The normalized spacial score (nSPS) is 20.0. The largest absolute Gasteiger partial charge is 0.458 e.